The lowest BCUT2D eigenvalue weighted by molar-refractivity contribution is -0.133. The summed E-state index contributed by atoms with van der Waals surface area (Å²) in [5, 5.41) is 10.2. The molecule has 0 bridgehead atoms. The van der Waals surface area contributed by atoms with Gasteiger partial charge in [-0.15, -0.1) is 0 Å². The number of nitrogens with zero attached hydrogens (tertiary/aromatic N) is 3. The number of benzene rings is 2. The molecule has 9 nitrogen and oxygen atoms in total. The molecule has 0 aromatic heterocycles. The first-order valence-electron chi connectivity index (χ1n) is 14.8. The van der Waals surface area contributed by atoms with E-state index in [0.717, 1.165) is 94.8 Å². The highest BCUT2D eigenvalue weighted by Gasteiger charge is 2.32. The number of dihydropyridines is 1. The van der Waals surface area contributed by atoms with E-state index in [0.29, 0.717) is 5.92 Å². The molecule has 3 N–H and O–H groups in total. The number of ether oxygens (including phenoxy) is 2. The molecule has 4 heterocycles. The second kappa shape index (κ2) is 12.4. The van der Waals surface area contributed by atoms with Crippen LogP contribution in [0.4, 0.5) is 11.4 Å². The van der Waals surface area contributed by atoms with E-state index in [4.69, 9.17) is 9.47 Å². The molecule has 2 saturated heterocycles. The first kappa shape index (κ1) is 27.5. The number of hydrogen-bond acceptors (Lipinski definition) is 8. The summed E-state index contributed by atoms with van der Waals surface area (Å²) in [5.41, 5.74) is 6.08. The van der Waals surface area contributed by atoms with Crippen molar-refractivity contribution in [3.8, 4) is 5.75 Å². The smallest absolute Gasteiger partial charge is 0.265 e. The molecule has 218 valence electrons. The van der Waals surface area contributed by atoms with Gasteiger partial charge in [-0.3, -0.25) is 14.6 Å². The first-order chi connectivity index (χ1) is 20.1. The number of piperidine rings is 1. The second-order valence-electron chi connectivity index (χ2n) is 11.4. The third-order valence-corrected chi connectivity index (χ3v) is 8.81. The van der Waals surface area contributed by atoms with Gasteiger partial charge in [-0.2, -0.15) is 0 Å². The average Bonchev–Trinajstić information content (AvgIpc) is 3.46. The van der Waals surface area contributed by atoms with Crippen LogP contribution in [0.5, 0.6) is 5.75 Å². The van der Waals surface area contributed by atoms with E-state index < -0.39 is 6.17 Å². The van der Waals surface area contributed by atoms with E-state index in [2.05, 4.69) is 62.2 Å². The van der Waals surface area contributed by atoms with Gasteiger partial charge in [0, 0.05) is 45.8 Å². The third kappa shape index (κ3) is 6.47. The minimum atomic E-state index is -0.403. The molecule has 2 aromatic rings. The molecule has 1 amide bonds. The van der Waals surface area contributed by atoms with E-state index in [1.165, 1.54) is 16.7 Å². The van der Waals surface area contributed by atoms with E-state index in [9.17, 15) is 4.79 Å². The van der Waals surface area contributed by atoms with Crippen LogP contribution in [0.1, 0.15) is 29.9 Å². The lowest BCUT2D eigenvalue weighted by atomic mass is 9.89. The number of carbonyl (C=O) groups is 1. The maximum atomic E-state index is 13.4. The van der Waals surface area contributed by atoms with Gasteiger partial charge in [-0.1, -0.05) is 24.3 Å². The summed E-state index contributed by atoms with van der Waals surface area (Å²) in [6.07, 6.45) is 6.09. The van der Waals surface area contributed by atoms with Crippen LogP contribution in [0.3, 0.4) is 0 Å². The monoisotopic (exact) mass is 558 g/mol. The Morgan fingerprint density at radius 1 is 0.829 bits per heavy atom. The summed E-state index contributed by atoms with van der Waals surface area (Å²) in [5.74, 6) is 2.38. The molecular formula is C32H42N6O3. The molecule has 41 heavy (non-hydrogen) atoms. The number of fused-ring (bicyclic) bond motifs is 1. The van der Waals surface area contributed by atoms with Crippen molar-refractivity contribution in [1.29, 1.82) is 0 Å². The molecule has 2 fully saturated rings. The zero-order chi connectivity index (χ0) is 28.2. The fourth-order valence-electron chi connectivity index (χ4n) is 6.30. The topological polar surface area (TPSA) is 81.3 Å². The first-order valence-corrected chi connectivity index (χ1v) is 14.8. The lowest BCUT2D eigenvalue weighted by Crippen LogP contribution is -2.53. The third-order valence-electron chi connectivity index (χ3n) is 8.81. The minimum Gasteiger partial charge on any atom is -0.497 e. The number of allylic oxidation sites excluding steroid dienone is 2. The molecule has 0 spiro atoms. The van der Waals surface area contributed by atoms with Crippen molar-refractivity contribution in [2.45, 2.75) is 31.5 Å². The summed E-state index contributed by atoms with van der Waals surface area (Å²) in [6, 6.07) is 14.9. The predicted octanol–water partition coefficient (Wildman–Crippen LogP) is 3.40. The Bertz CT molecular complexity index is 1280. The van der Waals surface area contributed by atoms with Gasteiger partial charge in [0.25, 0.3) is 5.91 Å². The van der Waals surface area contributed by atoms with Crippen LogP contribution in [0.15, 0.2) is 66.1 Å². The van der Waals surface area contributed by atoms with Gasteiger partial charge < -0.3 is 30.3 Å². The largest absolute Gasteiger partial charge is 0.497 e. The lowest BCUT2D eigenvalue weighted by Gasteiger charge is -2.36. The molecule has 1 atom stereocenters. The van der Waals surface area contributed by atoms with Gasteiger partial charge in [0.1, 0.15) is 5.75 Å². The van der Waals surface area contributed by atoms with E-state index in [-0.39, 0.29) is 5.91 Å². The van der Waals surface area contributed by atoms with E-state index in [1.54, 1.807) is 14.2 Å². The highest BCUT2D eigenvalue weighted by Crippen LogP contribution is 2.36. The zero-order valence-electron chi connectivity index (χ0n) is 24.2. The second-order valence-corrected chi connectivity index (χ2v) is 11.4. The number of hydrogen-bond donors (Lipinski definition) is 3. The Kier molecular flexibility index (Phi) is 8.34. The van der Waals surface area contributed by atoms with Crippen LogP contribution in [0, 0.1) is 0 Å². The SMILES string of the molecule is COC1=CC=C(CN2CCC(c3ccc4c(c3)NC(C(=O)N3CCN(Cc5ccc(OC)cc5)CC3)N4)CC2)CN1. The highest BCUT2D eigenvalue weighted by molar-refractivity contribution is 5.93. The van der Waals surface area contributed by atoms with Gasteiger partial charge in [-0.05, 0) is 78.9 Å². The summed E-state index contributed by atoms with van der Waals surface area (Å²) in [7, 11) is 3.38. The number of piperazine rings is 1. The Balaban J connectivity index is 0.968. The Morgan fingerprint density at radius 3 is 2.24 bits per heavy atom. The van der Waals surface area contributed by atoms with Crippen molar-refractivity contribution in [3.05, 3.63) is 77.2 Å². The van der Waals surface area contributed by atoms with Gasteiger partial charge in [0.2, 0.25) is 0 Å². The van der Waals surface area contributed by atoms with Gasteiger partial charge >= 0.3 is 0 Å². The van der Waals surface area contributed by atoms with Crippen LogP contribution in [-0.4, -0.2) is 93.4 Å². The Labute approximate surface area is 243 Å². The normalized spacial score (nSPS) is 21.6. The highest BCUT2D eigenvalue weighted by atomic mass is 16.5. The summed E-state index contributed by atoms with van der Waals surface area (Å²) >= 11 is 0. The van der Waals surface area contributed by atoms with Crippen LogP contribution >= 0.6 is 0 Å². The number of rotatable bonds is 8. The molecule has 0 radical (unpaired) electrons. The van der Waals surface area contributed by atoms with Crippen molar-refractivity contribution in [2.24, 2.45) is 0 Å². The van der Waals surface area contributed by atoms with Crippen molar-refractivity contribution in [3.63, 3.8) is 0 Å². The number of methoxy groups -OCH3 is 2. The molecule has 4 aliphatic rings. The fraction of sp³-hybridized carbons (Fsp3) is 0.469. The molecule has 4 aliphatic heterocycles. The van der Waals surface area contributed by atoms with Gasteiger partial charge in [-0.25, -0.2) is 0 Å². The predicted molar refractivity (Wildman–Crippen MR) is 162 cm³/mol. The number of anilines is 2. The maximum Gasteiger partial charge on any atom is 0.265 e. The van der Waals surface area contributed by atoms with Crippen molar-refractivity contribution < 1.29 is 14.3 Å². The number of likely N-dealkylation sites (tertiary alicyclic amines) is 1. The maximum absolute atomic E-state index is 13.4. The quantitative estimate of drug-likeness (QED) is 0.455. The van der Waals surface area contributed by atoms with Crippen molar-refractivity contribution >= 4 is 17.3 Å². The van der Waals surface area contributed by atoms with Crippen molar-refractivity contribution in [2.75, 3.05) is 77.2 Å². The molecule has 2 aromatic carbocycles. The fourth-order valence-corrected chi connectivity index (χ4v) is 6.30. The number of nitrogens with one attached hydrogen (secondary N) is 3. The number of carbonyl (C=O) groups excluding carboxylic acids is 1. The average molecular weight is 559 g/mol. The summed E-state index contributed by atoms with van der Waals surface area (Å²) in [6.45, 7) is 8.16. The Hall–Kier alpha value is -3.69. The summed E-state index contributed by atoms with van der Waals surface area (Å²) < 4.78 is 10.5. The summed E-state index contributed by atoms with van der Waals surface area (Å²) in [4.78, 5) is 20.3. The van der Waals surface area contributed by atoms with Crippen LogP contribution in [0.25, 0.3) is 0 Å². The Morgan fingerprint density at radius 2 is 1.56 bits per heavy atom. The van der Waals surface area contributed by atoms with Crippen molar-refractivity contribution in [1.82, 2.24) is 20.0 Å². The van der Waals surface area contributed by atoms with Crippen LogP contribution < -0.4 is 20.7 Å². The van der Waals surface area contributed by atoms with Crippen LogP contribution in [-0.2, 0) is 16.1 Å². The van der Waals surface area contributed by atoms with Crippen LogP contribution in [0.2, 0.25) is 0 Å². The minimum absolute atomic E-state index is 0.124. The van der Waals surface area contributed by atoms with E-state index >= 15 is 0 Å². The standard InChI is InChI=1S/C32H42N6O3/c1-40-27-7-3-23(4-8-27)21-37-15-17-38(18-16-37)32(39)31-34-28-9-6-26(19-29(28)35-31)25-11-13-36(14-12-25)22-24-5-10-30(41-2)33-20-24/h3-10,19,25,31,33-35H,11-18,20-22H2,1-2H3. The molecule has 6 rings (SSSR count). The van der Waals surface area contributed by atoms with E-state index in [1.807, 2.05) is 23.1 Å². The molecule has 0 saturated carbocycles. The number of amides is 1. The zero-order valence-corrected chi connectivity index (χ0v) is 24.2. The molecule has 0 aliphatic carbocycles. The molecule has 1 unspecified atom stereocenters. The molecular weight excluding hydrogens is 516 g/mol. The van der Waals surface area contributed by atoms with Gasteiger partial charge in [0.15, 0.2) is 12.0 Å². The molecule has 9 heteroatoms. The van der Waals surface area contributed by atoms with Gasteiger partial charge in [0.05, 0.1) is 25.6 Å².